The molecule has 0 aliphatic carbocycles. The molecule has 2 aromatic rings. The van der Waals surface area contributed by atoms with Gasteiger partial charge in [-0.15, -0.1) is 0 Å². The van der Waals surface area contributed by atoms with Gasteiger partial charge in [0.2, 0.25) is 0 Å². The Morgan fingerprint density at radius 2 is 2.00 bits per heavy atom. The number of hydrogen-bond acceptors (Lipinski definition) is 4. The van der Waals surface area contributed by atoms with Gasteiger partial charge in [0.15, 0.2) is 11.6 Å². The summed E-state index contributed by atoms with van der Waals surface area (Å²) in [7, 11) is -2.71. The highest BCUT2D eigenvalue weighted by atomic mass is 35.5. The summed E-state index contributed by atoms with van der Waals surface area (Å²) in [5.74, 6) is -0.681. The number of ether oxygens (including phenoxy) is 1. The summed E-state index contributed by atoms with van der Waals surface area (Å²) in [5.41, 5.74) is 5.68. The van der Waals surface area contributed by atoms with E-state index in [0.717, 1.165) is 6.07 Å². The SMILES string of the molecule is COc1ccc(NS(=O)(=O)c2c(N)cccc2Cl)cc1F. The van der Waals surface area contributed by atoms with Gasteiger partial charge in [-0.25, -0.2) is 12.8 Å². The Balaban J connectivity index is 2.40. The van der Waals surface area contributed by atoms with Crippen LogP contribution >= 0.6 is 11.6 Å². The van der Waals surface area contributed by atoms with Crippen LogP contribution in [0.1, 0.15) is 0 Å². The minimum absolute atomic E-state index is 0.00369. The van der Waals surface area contributed by atoms with E-state index in [1.54, 1.807) is 0 Å². The average Bonchev–Trinajstić information content (AvgIpc) is 2.37. The topological polar surface area (TPSA) is 81.4 Å². The van der Waals surface area contributed by atoms with Crippen LogP contribution in [0.2, 0.25) is 5.02 Å². The largest absolute Gasteiger partial charge is 0.494 e. The van der Waals surface area contributed by atoms with E-state index >= 15 is 0 Å². The number of anilines is 2. The molecule has 0 aliphatic rings. The Morgan fingerprint density at radius 3 is 2.57 bits per heavy atom. The Hall–Kier alpha value is -1.99. The van der Waals surface area contributed by atoms with Gasteiger partial charge in [-0.3, -0.25) is 4.72 Å². The lowest BCUT2D eigenvalue weighted by Crippen LogP contribution is -2.15. The average molecular weight is 331 g/mol. The Morgan fingerprint density at radius 1 is 1.29 bits per heavy atom. The first kappa shape index (κ1) is 15.4. The van der Waals surface area contributed by atoms with Crippen molar-refractivity contribution < 1.29 is 17.5 Å². The molecule has 2 rings (SSSR count). The lowest BCUT2D eigenvalue weighted by molar-refractivity contribution is 0.386. The molecule has 21 heavy (non-hydrogen) atoms. The molecule has 0 heterocycles. The predicted molar refractivity (Wildman–Crippen MR) is 79.6 cm³/mol. The van der Waals surface area contributed by atoms with Crippen LogP contribution in [-0.2, 0) is 10.0 Å². The third-order valence-corrected chi connectivity index (χ3v) is 4.59. The molecule has 0 atom stereocenters. The molecular formula is C13H12ClFN2O3S. The van der Waals surface area contributed by atoms with E-state index in [1.807, 2.05) is 0 Å². The standard InChI is InChI=1S/C13H12ClFN2O3S/c1-20-12-6-5-8(7-10(12)15)17-21(18,19)13-9(14)3-2-4-11(13)16/h2-7,17H,16H2,1H3. The predicted octanol–water partition coefficient (Wildman–Crippen LogP) is 2.87. The number of methoxy groups -OCH3 is 1. The first-order valence-corrected chi connectivity index (χ1v) is 7.61. The number of hydrogen-bond donors (Lipinski definition) is 2. The van der Waals surface area contributed by atoms with Gasteiger partial charge in [-0.2, -0.15) is 0 Å². The highest BCUT2D eigenvalue weighted by Gasteiger charge is 2.21. The van der Waals surface area contributed by atoms with Crippen molar-refractivity contribution in [1.82, 2.24) is 0 Å². The van der Waals surface area contributed by atoms with E-state index < -0.39 is 15.8 Å². The minimum Gasteiger partial charge on any atom is -0.494 e. The Bertz CT molecular complexity index is 761. The molecule has 112 valence electrons. The van der Waals surface area contributed by atoms with E-state index in [4.69, 9.17) is 22.1 Å². The van der Waals surface area contributed by atoms with Crippen molar-refractivity contribution in [3.8, 4) is 5.75 Å². The van der Waals surface area contributed by atoms with Gasteiger partial charge < -0.3 is 10.5 Å². The maximum atomic E-state index is 13.6. The van der Waals surface area contributed by atoms with E-state index in [1.165, 1.54) is 37.4 Å². The summed E-state index contributed by atoms with van der Waals surface area (Å²) in [5, 5.41) is -0.0171. The molecule has 0 unspecified atom stereocenters. The van der Waals surface area contributed by atoms with E-state index in [9.17, 15) is 12.8 Å². The van der Waals surface area contributed by atoms with Crippen molar-refractivity contribution in [2.75, 3.05) is 17.6 Å². The van der Waals surface area contributed by atoms with Gasteiger partial charge in [-0.05, 0) is 24.3 Å². The number of nitrogens with two attached hydrogens (primary N) is 1. The molecular weight excluding hydrogens is 319 g/mol. The normalized spacial score (nSPS) is 11.2. The summed E-state index contributed by atoms with van der Waals surface area (Å²) in [6.45, 7) is 0. The lowest BCUT2D eigenvalue weighted by atomic mass is 10.3. The third kappa shape index (κ3) is 3.20. The number of nitrogen functional groups attached to an aromatic ring is 1. The zero-order valence-corrected chi connectivity index (χ0v) is 12.5. The zero-order valence-electron chi connectivity index (χ0n) is 10.9. The quantitative estimate of drug-likeness (QED) is 0.845. The van der Waals surface area contributed by atoms with Crippen molar-refractivity contribution in [2.45, 2.75) is 4.90 Å². The number of nitrogens with one attached hydrogen (secondary N) is 1. The van der Waals surface area contributed by atoms with E-state index in [0.29, 0.717) is 0 Å². The molecule has 0 saturated carbocycles. The number of sulfonamides is 1. The monoisotopic (exact) mass is 330 g/mol. The molecule has 0 radical (unpaired) electrons. The molecule has 0 aliphatic heterocycles. The van der Waals surface area contributed by atoms with Gasteiger partial charge in [0, 0.05) is 6.07 Å². The van der Waals surface area contributed by atoms with Gasteiger partial charge in [0.25, 0.3) is 10.0 Å². The van der Waals surface area contributed by atoms with Crippen LogP contribution in [0, 0.1) is 5.82 Å². The van der Waals surface area contributed by atoms with Crippen LogP contribution in [0.3, 0.4) is 0 Å². The fraction of sp³-hybridized carbons (Fsp3) is 0.0769. The number of benzene rings is 2. The minimum atomic E-state index is -4.03. The molecule has 5 nitrogen and oxygen atoms in total. The molecule has 0 bridgehead atoms. The van der Waals surface area contributed by atoms with Gasteiger partial charge in [0.05, 0.1) is 23.5 Å². The zero-order chi connectivity index (χ0) is 15.6. The van der Waals surface area contributed by atoms with Crippen molar-refractivity contribution in [1.29, 1.82) is 0 Å². The lowest BCUT2D eigenvalue weighted by Gasteiger charge is -2.12. The van der Waals surface area contributed by atoms with Crippen molar-refractivity contribution in [3.63, 3.8) is 0 Å². The fourth-order valence-electron chi connectivity index (χ4n) is 1.75. The molecule has 2 aromatic carbocycles. The molecule has 0 amide bonds. The molecule has 3 N–H and O–H groups in total. The molecule has 0 fully saturated rings. The smallest absolute Gasteiger partial charge is 0.265 e. The fourth-order valence-corrected chi connectivity index (χ4v) is 3.47. The van der Waals surface area contributed by atoms with Crippen LogP contribution in [0.5, 0.6) is 5.75 Å². The Labute approximate surface area is 126 Å². The first-order chi connectivity index (χ1) is 9.85. The van der Waals surface area contributed by atoms with Crippen LogP contribution < -0.4 is 15.2 Å². The van der Waals surface area contributed by atoms with Crippen LogP contribution in [0.25, 0.3) is 0 Å². The van der Waals surface area contributed by atoms with Crippen LogP contribution in [0.15, 0.2) is 41.3 Å². The maximum Gasteiger partial charge on any atom is 0.265 e. The van der Waals surface area contributed by atoms with Crippen molar-refractivity contribution in [3.05, 3.63) is 47.2 Å². The van der Waals surface area contributed by atoms with E-state index in [-0.39, 0.29) is 27.0 Å². The van der Waals surface area contributed by atoms with Crippen molar-refractivity contribution >= 4 is 33.0 Å². The molecule has 8 heteroatoms. The van der Waals surface area contributed by atoms with Crippen molar-refractivity contribution in [2.24, 2.45) is 0 Å². The summed E-state index contributed by atoms with van der Waals surface area (Å²) >= 11 is 5.87. The summed E-state index contributed by atoms with van der Waals surface area (Å²) < 4.78 is 45.1. The molecule has 0 spiro atoms. The highest BCUT2D eigenvalue weighted by molar-refractivity contribution is 7.93. The second-order valence-electron chi connectivity index (χ2n) is 4.11. The van der Waals surface area contributed by atoms with E-state index in [2.05, 4.69) is 4.72 Å². The summed E-state index contributed by atoms with van der Waals surface area (Å²) in [6, 6.07) is 8.03. The van der Waals surface area contributed by atoms with Gasteiger partial charge >= 0.3 is 0 Å². The van der Waals surface area contributed by atoms with Crippen LogP contribution in [0.4, 0.5) is 15.8 Å². The summed E-state index contributed by atoms with van der Waals surface area (Å²) in [6.07, 6.45) is 0. The Kier molecular flexibility index (Phi) is 4.24. The number of halogens is 2. The molecule has 0 aromatic heterocycles. The van der Waals surface area contributed by atoms with Crippen LogP contribution in [-0.4, -0.2) is 15.5 Å². The number of rotatable bonds is 4. The summed E-state index contributed by atoms with van der Waals surface area (Å²) in [4.78, 5) is -0.247. The van der Waals surface area contributed by atoms with Gasteiger partial charge in [-0.1, -0.05) is 17.7 Å². The van der Waals surface area contributed by atoms with Gasteiger partial charge in [0.1, 0.15) is 4.90 Å². The first-order valence-electron chi connectivity index (χ1n) is 5.75. The third-order valence-electron chi connectivity index (χ3n) is 2.67. The maximum absolute atomic E-state index is 13.6. The second kappa shape index (κ2) is 5.79. The molecule has 0 saturated heterocycles. The second-order valence-corrected chi connectivity index (χ2v) is 6.14. The highest BCUT2D eigenvalue weighted by Crippen LogP contribution is 2.29.